The van der Waals surface area contributed by atoms with Crippen LogP contribution in [0.5, 0.6) is 0 Å². The van der Waals surface area contributed by atoms with E-state index in [0.29, 0.717) is 45.4 Å². The Kier molecular flexibility index (Phi) is 13.9. The number of nitrogens with one attached hydrogen (secondary N) is 3. The first kappa shape index (κ1) is 41.2. The van der Waals surface area contributed by atoms with Gasteiger partial charge >= 0.3 is 17.9 Å². The summed E-state index contributed by atoms with van der Waals surface area (Å²) in [5.41, 5.74) is 7.82. The molecular weight excluding hydrogens is 733 g/mol. The van der Waals surface area contributed by atoms with Crippen molar-refractivity contribution in [3.63, 3.8) is 0 Å². The van der Waals surface area contributed by atoms with Gasteiger partial charge in [0, 0.05) is 55.5 Å². The van der Waals surface area contributed by atoms with Gasteiger partial charge in [-0.1, -0.05) is 48.5 Å². The summed E-state index contributed by atoms with van der Waals surface area (Å²) in [5.74, 6) is -3.36. The van der Waals surface area contributed by atoms with E-state index < -0.39 is 35.7 Å². The molecule has 6 atom stereocenters. The third-order valence-electron chi connectivity index (χ3n) is 12.4. The molecule has 0 amide bonds. The summed E-state index contributed by atoms with van der Waals surface area (Å²) >= 11 is 0. The van der Waals surface area contributed by atoms with Crippen LogP contribution in [0.25, 0.3) is 11.1 Å². The van der Waals surface area contributed by atoms with Crippen LogP contribution in [0.3, 0.4) is 0 Å². The minimum Gasteiger partial charge on any atom is -0.481 e. The van der Waals surface area contributed by atoms with Crippen molar-refractivity contribution in [3.8, 4) is 11.1 Å². The number of carbonyl (C=O) groups is 3. The summed E-state index contributed by atoms with van der Waals surface area (Å²) in [6.07, 6.45) is 11.2. The average Bonchev–Trinajstić information content (AvgIpc) is 4.04. The number of aromatic nitrogens is 2. The number of aliphatic carboxylic acids is 3. The lowest BCUT2D eigenvalue weighted by Crippen LogP contribution is -2.27. The zero-order valence-corrected chi connectivity index (χ0v) is 33.1. The van der Waals surface area contributed by atoms with Crippen molar-refractivity contribution in [2.24, 2.45) is 35.5 Å². The zero-order chi connectivity index (χ0) is 40.4. The molecule has 2 aromatic heterocycles. The van der Waals surface area contributed by atoms with Gasteiger partial charge in [-0.05, 0) is 141 Å². The first-order valence-electron chi connectivity index (χ1n) is 20.7. The Morgan fingerprint density at radius 3 is 1.33 bits per heavy atom. The fraction of sp³-hybridized carbons (Fsp3) is 0.457. The maximum Gasteiger partial charge on any atom is 0.307 e. The van der Waals surface area contributed by atoms with Gasteiger partial charge in [-0.2, -0.15) is 0 Å². The van der Waals surface area contributed by atoms with Crippen LogP contribution in [0.4, 0.5) is 0 Å². The highest BCUT2D eigenvalue weighted by molar-refractivity contribution is 5.72. The fourth-order valence-electron chi connectivity index (χ4n) is 9.33. The predicted molar refractivity (Wildman–Crippen MR) is 221 cm³/mol. The topological polar surface area (TPSA) is 177 Å². The number of hydrogen-bond acceptors (Lipinski definition) is 9. The summed E-state index contributed by atoms with van der Waals surface area (Å²) in [6.45, 7) is 6.46. The summed E-state index contributed by atoms with van der Waals surface area (Å²) in [6, 6.07) is 20.6. The number of benzene rings is 2. The normalized spacial score (nSPS) is 20.9. The van der Waals surface area contributed by atoms with Crippen molar-refractivity contribution in [3.05, 3.63) is 119 Å². The van der Waals surface area contributed by atoms with E-state index in [1.54, 1.807) is 12.4 Å². The van der Waals surface area contributed by atoms with E-state index in [2.05, 4.69) is 61.2 Å². The van der Waals surface area contributed by atoms with Crippen LogP contribution in [-0.2, 0) is 53.3 Å². The number of carboxylic acid groups (broad SMARTS) is 3. The molecule has 0 bridgehead atoms. The van der Waals surface area contributed by atoms with E-state index in [4.69, 9.17) is 0 Å². The smallest absolute Gasteiger partial charge is 0.307 e. The second-order valence-electron chi connectivity index (χ2n) is 16.7. The number of hydrogen-bond donors (Lipinski definition) is 6. The lowest BCUT2D eigenvalue weighted by atomic mass is 9.86. The molecule has 4 aromatic rings. The van der Waals surface area contributed by atoms with Gasteiger partial charge in [-0.3, -0.25) is 29.3 Å². The maximum atomic E-state index is 12.3. The quantitative estimate of drug-likeness (QED) is 0.0759. The molecule has 3 aliphatic rings. The highest BCUT2D eigenvalue weighted by Gasteiger charge is 2.33. The minimum absolute atomic E-state index is 0.0879. The molecule has 12 nitrogen and oxygen atoms in total. The molecule has 12 heteroatoms. The van der Waals surface area contributed by atoms with Crippen molar-refractivity contribution < 1.29 is 29.7 Å². The van der Waals surface area contributed by atoms with Crippen molar-refractivity contribution in [2.45, 2.75) is 58.2 Å². The summed E-state index contributed by atoms with van der Waals surface area (Å²) < 4.78 is 0. The maximum absolute atomic E-state index is 12.3. The first-order chi connectivity index (χ1) is 28.2. The highest BCUT2D eigenvalue weighted by atomic mass is 16.4. The zero-order valence-electron chi connectivity index (χ0n) is 33.1. The Hall–Kier alpha value is -5.01. The SMILES string of the molecule is O=C(O)C(Cc1cccc(CN(Cc2cccc(CC(C(=O)O)C3CCNC3)c2)Cc2cncc(-c3cncc(CC(C(=O)O)C4CCNC4)c3)c2)c1)C1CCNC1. The van der Waals surface area contributed by atoms with Gasteiger partial charge in [0.2, 0.25) is 0 Å². The average molecular weight is 789 g/mol. The van der Waals surface area contributed by atoms with E-state index in [9.17, 15) is 29.7 Å². The standard InChI is InChI=1S/C46H56N6O6/c53-44(54)41(36-7-10-47-22-36)17-30-3-1-5-32(13-30)27-52(28-33-6-2-4-31(14-33)18-42(45(55)56)37-8-11-48-23-37)29-35-16-40(26-51-21-35)39-15-34(20-50-25-39)19-43(46(57)58)38-9-12-49-24-38/h1-6,13-16,20-21,25-26,36-38,41-43,47-49H,7-12,17-19,22-24,27-29H2,(H,53,54)(H,55,56)(H,57,58). The van der Waals surface area contributed by atoms with Gasteiger partial charge in [0.1, 0.15) is 0 Å². The molecule has 5 heterocycles. The molecule has 0 radical (unpaired) electrons. The predicted octanol–water partition coefficient (Wildman–Crippen LogP) is 4.90. The lowest BCUT2D eigenvalue weighted by molar-refractivity contribution is -0.144. The highest BCUT2D eigenvalue weighted by Crippen LogP contribution is 2.29. The van der Waals surface area contributed by atoms with Crippen molar-refractivity contribution in [2.75, 3.05) is 39.3 Å². The Labute approximate surface area is 340 Å². The van der Waals surface area contributed by atoms with E-state index in [1.807, 2.05) is 42.7 Å². The molecule has 0 saturated carbocycles. The van der Waals surface area contributed by atoms with Crippen LogP contribution >= 0.6 is 0 Å². The van der Waals surface area contributed by atoms with Crippen LogP contribution in [0.15, 0.2) is 85.5 Å². The van der Waals surface area contributed by atoms with Gasteiger partial charge in [-0.15, -0.1) is 0 Å². The molecule has 3 fully saturated rings. The van der Waals surface area contributed by atoms with Gasteiger partial charge in [0.25, 0.3) is 0 Å². The molecule has 2 aromatic carbocycles. The largest absolute Gasteiger partial charge is 0.481 e. The molecule has 6 N–H and O–H groups in total. The second kappa shape index (κ2) is 19.6. The molecule has 58 heavy (non-hydrogen) atoms. The molecule has 3 saturated heterocycles. The van der Waals surface area contributed by atoms with Gasteiger partial charge in [0.05, 0.1) is 17.8 Å². The van der Waals surface area contributed by atoms with E-state index >= 15 is 0 Å². The second-order valence-corrected chi connectivity index (χ2v) is 16.7. The van der Waals surface area contributed by atoms with E-state index in [-0.39, 0.29) is 17.8 Å². The van der Waals surface area contributed by atoms with Crippen molar-refractivity contribution in [1.82, 2.24) is 30.8 Å². The molecule has 0 spiro atoms. The minimum atomic E-state index is -0.778. The van der Waals surface area contributed by atoms with Crippen molar-refractivity contribution in [1.29, 1.82) is 0 Å². The van der Waals surface area contributed by atoms with E-state index in [1.165, 1.54) is 0 Å². The molecule has 6 unspecified atom stereocenters. The summed E-state index contributed by atoms with van der Waals surface area (Å²) in [5, 5.41) is 40.2. The van der Waals surface area contributed by atoms with Crippen molar-refractivity contribution >= 4 is 17.9 Å². The number of nitrogens with zero attached hydrogens (tertiary/aromatic N) is 3. The Morgan fingerprint density at radius 2 is 0.914 bits per heavy atom. The molecule has 0 aliphatic carbocycles. The Morgan fingerprint density at radius 1 is 0.534 bits per heavy atom. The number of rotatable bonds is 19. The van der Waals surface area contributed by atoms with Crippen LogP contribution < -0.4 is 16.0 Å². The summed E-state index contributed by atoms with van der Waals surface area (Å²) in [7, 11) is 0. The first-order valence-corrected chi connectivity index (χ1v) is 20.7. The van der Waals surface area contributed by atoms with Crippen LogP contribution in [0.2, 0.25) is 0 Å². The Bertz CT molecular complexity index is 1940. The van der Waals surface area contributed by atoms with Gasteiger partial charge in [-0.25, -0.2) is 0 Å². The van der Waals surface area contributed by atoms with Gasteiger partial charge in [0.15, 0.2) is 0 Å². The third kappa shape index (κ3) is 10.9. The monoisotopic (exact) mass is 788 g/mol. The van der Waals surface area contributed by atoms with Crippen LogP contribution in [-0.4, -0.2) is 87.4 Å². The molecule has 306 valence electrons. The molecule has 7 rings (SSSR count). The Balaban J connectivity index is 1.12. The number of pyridine rings is 2. The molecular formula is C46H56N6O6. The number of carboxylic acids is 3. The van der Waals surface area contributed by atoms with E-state index in [0.717, 1.165) is 96.5 Å². The van der Waals surface area contributed by atoms with Gasteiger partial charge < -0.3 is 31.3 Å². The van der Waals surface area contributed by atoms with Crippen LogP contribution in [0.1, 0.15) is 52.6 Å². The van der Waals surface area contributed by atoms with Crippen LogP contribution in [0, 0.1) is 35.5 Å². The molecule has 3 aliphatic heterocycles. The lowest BCUT2D eigenvalue weighted by Gasteiger charge is -2.24. The summed E-state index contributed by atoms with van der Waals surface area (Å²) in [4.78, 5) is 48.4. The fourth-order valence-corrected chi connectivity index (χ4v) is 9.33. The third-order valence-corrected chi connectivity index (χ3v) is 12.4.